The van der Waals surface area contributed by atoms with Crippen LogP contribution in [-0.4, -0.2) is 22.5 Å². The van der Waals surface area contributed by atoms with Gasteiger partial charge in [0.25, 0.3) is 1.43 Å². The fourth-order valence-corrected chi connectivity index (χ4v) is 4.89. The summed E-state index contributed by atoms with van der Waals surface area (Å²) in [6.07, 6.45) is 0.552. The van der Waals surface area contributed by atoms with Crippen LogP contribution in [0.5, 0.6) is 23.0 Å². The number of ether oxygens (including phenoxy) is 1. The van der Waals surface area contributed by atoms with E-state index in [4.69, 9.17) is 6.17 Å². The summed E-state index contributed by atoms with van der Waals surface area (Å²) in [5, 5.41) is 24.6. The second kappa shape index (κ2) is 11.0. The maximum atomic E-state index is 13.5. The highest BCUT2D eigenvalue weighted by atomic mass is 32.2. The molecule has 0 spiro atoms. The van der Waals surface area contributed by atoms with Crippen LogP contribution >= 0.6 is 11.8 Å². The fourth-order valence-electron chi connectivity index (χ4n) is 3.72. The molecular formula is C29H26O5S. The number of Topliss-reactive ketones (excluding diaryl/α,β-unsaturated/α-hetero) is 1. The van der Waals surface area contributed by atoms with Crippen LogP contribution in [0.4, 0.5) is 0 Å². The number of ketones is 1. The van der Waals surface area contributed by atoms with Crippen molar-refractivity contribution in [2.75, 3.05) is 0 Å². The van der Waals surface area contributed by atoms with Crippen LogP contribution in [0.2, 0.25) is 0 Å². The highest BCUT2D eigenvalue weighted by Crippen LogP contribution is 2.45. The molecule has 0 saturated carbocycles. The monoisotopic (exact) mass is 488 g/mol. The number of carbonyl (C=O) groups is 1. The average Bonchev–Trinajstić information content (AvgIpc) is 2.92. The number of hydrogen-bond donors (Lipinski definition) is 3. The molecule has 4 rings (SSSR count). The molecule has 0 radical (unpaired) electrons. The molecule has 1 unspecified atom stereocenters. The fraction of sp³-hybridized carbons (Fsp3) is 0.138. The van der Waals surface area contributed by atoms with Crippen LogP contribution in [0.25, 0.3) is 0 Å². The topological polar surface area (TPSA) is 87.0 Å². The molecule has 0 aliphatic rings. The first-order valence-electron chi connectivity index (χ1n) is 11.7. The van der Waals surface area contributed by atoms with E-state index < -0.39 is 5.25 Å². The lowest BCUT2D eigenvalue weighted by molar-refractivity contribution is 0.0989. The molecule has 178 valence electrons. The van der Waals surface area contributed by atoms with Crippen LogP contribution in [0.1, 0.15) is 39.2 Å². The minimum absolute atomic E-state index is 0.0732. The Balaban J connectivity index is 1.65. The third-order valence-corrected chi connectivity index (χ3v) is 6.92. The number of aromatic hydroxyl groups is 3. The normalized spacial score (nSPS) is 12.0. The number of thioether (sulfide) groups is 1. The number of phenols is 3. The molecular weight excluding hydrogens is 460 g/mol. The average molecular weight is 489 g/mol. The number of benzene rings is 4. The third kappa shape index (κ3) is 5.78. The van der Waals surface area contributed by atoms with Gasteiger partial charge in [-0.3, -0.25) is 4.79 Å². The molecule has 0 saturated heterocycles. The van der Waals surface area contributed by atoms with Gasteiger partial charge in [-0.25, -0.2) is 0 Å². The van der Waals surface area contributed by atoms with E-state index in [9.17, 15) is 15.0 Å². The quantitative estimate of drug-likeness (QED) is 0.171. The van der Waals surface area contributed by atoms with Gasteiger partial charge < -0.3 is 20.1 Å². The standard InChI is InChI=1S/C29H26O5S/c1-2-24-25(34-18-19-6-4-3-5-7-19)16-17-26(28(24)33)35-29(21-10-14-23(31)15-11-21)27(32)20-8-12-22(30)13-9-20/h3-17,29-31,33H,2,18H2,1H3/i/hT. The van der Waals surface area contributed by atoms with Crippen molar-refractivity contribution >= 4 is 17.5 Å². The smallest absolute Gasteiger partial charge is 0.293 e. The Morgan fingerprint density at radius 3 is 2.26 bits per heavy atom. The van der Waals surface area contributed by atoms with Crippen LogP contribution in [0.3, 0.4) is 0 Å². The van der Waals surface area contributed by atoms with Crippen molar-refractivity contribution in [3.63, 3.8) is 0 Å². The Bertz CT molecular complexity index is 1310. The van der Waals surface area contributed by atoms with Gasteiger partial charge in [0.2, 0.25) is 0 Å². The van der Waals surface area contributed by atoms with Crippen LogP contribution in [0, 0.1) is 0 Å². The van der Waals surface area contributed by atoms with E-state index in [0.717, 1.165) is 5.56 Å². The van der Waals surface area contributed by atoms with Crippen LogP contribution in [-0.2, 0) is 13.0 Å². The zero-order valence-corrected chi connectivity index (χ0v) is 20.0. The van der Waals surface area contributed by atoms with Gasteiger partial charge in [0.15, 0.2) is 5.78 Å². The summed E-state index contributed by atoms with van der Waals surface area (Å²) >= 11 is 1.24. The van der Waals surface area contributed by atoms with Gasteiger partial charge in [0.05, 0.1) is 10.1 Å². The molecule has 35 heavy (non-hydrogen) atoms. The minimum Gasteiger partial charge on any atom is -0.508 e. The van der Waals surface area contributed by atoms with Gasteiger partial charge in [0, 0.05) is 11.1 Å². The summed E-state index contributed by atoms with van der Waals surface area (Å²) < 4.78 is 13.1. The second-order valence-corrected chi connectivity index (χ2v) is 9.14. The van der Waals surface area contributed by atoms with Gasteiger partial charge >= 0.3 is 0 Å². The summed E-state index contributed by atoms with van der Waals surface area (Å²) in [7, 11) is 0. The first kappa shape index (κ1) is 22.9. The summed E-state index contributed by atoms with van der Waals surface area (Å²) in [5.41, 5.74) is 2.83. The first-order chi connectivity index (χ1) is 17.5. The minimum atomic E-state index is -0.680. The maximum Gasteiger partial charge on any atom is 0.293 e. The summed E-state index contributed by atoms with van der Waals surface area (Å²) in [6, 6.07) is 26.2. The molecule has 0 aliphatic carbocycles. The van der Waals surface area contributed by atoms with Gasteiger partial charge in [-0.2, -0.15) is 0 Å². The number of phenolic OH excluding ortho intramolecular Hbond substituents is 3. The molecule has 3 N–H and O–H groups in total. The van der Waals surface area contributed by atoms with E-state index in [2.05, 4.69) is 5.11 Å². The molecule has 0 amide bonds. The molecule has 0 fully saturated rings. The highest BCUT2D eigenvalue weighted by Gasteiger charge is 2.26. The molecule has 0 heterocycles. The van der Waals surface area contributed by atoms with Crippen molar-refractivity contribution in [3.8, 4) is 23.0 Å². The zero-order chi connectivity index (χ0) is 25.5. The Labute approximate surface area is 210 Å². The molecule has 0 aliphatic heterocycles. The van der Waals surface area contributed by atoms with Gasteiger partial charge in [-0.1, -0.05) is 49.4 Å². The number of rotatable bonds is 10. The van der Waals surface area contributed by atoms with Crippen LogP contribution < -0.4 is 4.74 Å². The maximum absolute atomic E-state index is 13.5. The van der Waals surface area contributed by atoms with Crippen molar-refractivity contribution in [2.24, 2.45) is 0 Å². The second-order valence-electron chi connectivity index (χ2n) is 7.99. The Morgan fingerprint density at radius 2 is 1.60 bits per heavy atom. The van der Waals surface area contributed by atoms with E-state index in [1.165, 1.54) is 23.9 Å². The van der Waals surface area contributed by atoms with Gasteiger partial charge in [0.1, 0.15) is 29.6 Å². The molecule has 4 aromatic carbocycles. The van der Waals surface area contributed by atoms with Crippen molar-refractivity contribution in [3.05, 3.63) is 113 Å². The molecule has 1 atom stereocenters. The highest BCUT2D eigenvalue weighted by molar-refractivity contribution is 8.00. The summed E-state index contributed by atoms with van der Waals surface area (Å²) in [5.74, 6) is 0.935. The Morgan fingerprint density at radius 1 is 0.914 bits per heavy atom. The summed E-state index contributed by atoms with van der Waals surface area (Å²) in [4.78, 5) is 14.1. The lowest BCUT2D eigenvalue weighted by Gasteiger charge is -2.19. The molecule has 0 aromatic heterocycles. The van der Waals surface area contributed by atoms with Crippen molar-refractivity contribution in [2.45, 2.75) is 30.1 Å². The Hall–Kier alpha value is -3.90. The number of hydrogen-bond acceptors (Lipinski definition) is 6. The van der Waals surface area contributed by atoms with Crippen molar-refractivity contribution in [1.29, 1.82) is 1.43 Å². The predicted octanol–water partition coefficient (Wildman–Crippen LogP) is 6.66. The van der Waals surface area contributed by atoms with E-state index in [1.807, 2.05) is 43.3 Å². The van der Waals surface area contributed by atoms with E-state index in [0.29, 0.717) is 46.1 Å². The third-order valence-electron chi connectivity index (χ3n) is 5.61. The Kier molecular flexibility index (Phi) is 7.20. The predicted molar refractivity (Wildman–Crippen MR) is 137 cm³/mol. The summed E-state index contributed by atoms with van der Waals surface area (Å²) in [6.45, 7) is 2.32. The van der Waals surface area contributed by atoms with Crippen molar-refractivity contribution in [1.82, 2.24) is 0 Å². The molecule has 4 aromatic rings. The number of carbonyl (C=O) groups excluding carboxylic acids is 1. The lowest BCUT2D eigenvalue weighted by Crippen LogP contribution is -2.10. The van der Waals surface area contributed by atoms with Crippen molar-refractivity contribution < 1.29 is 24.9 Å². The van der Waals surface area contributed by atoms with Gasteiger partial charge in [-0.05, 0) is 66.1 Å². The van der Waals surface area contributed by atoms with E-state index in [1.54, 1.807) is 42.5 Å². The molecule has 5 nitrogen and oxygen atoms in total. The lowest BCUT2D eigenvalue weighted by atomic mass is 10.0. The van der Waals surface area contributed by atoms with E-state index >= 15 is 0 Å². The SMILES string of the molecule is [3H]Oc1ccc(C(Sc2ccc(OCc3ccccc3)c(CC)c2O)C(=O)c2ccc(O)cc2)cc1. The van der Waals surface area contributed by atoms with Crippen LogP contribution in [0.15, 0.2) is 95.9 Å². The van der Waals surface area contributed by atoms with Gasteiger partial charge in [-0.15, -0.1) is 11.8 Å². The largest absolute Gasteiger partial charge is 0.508 e. The van der Waals surface area contributed by atoms with E-state index in [-0.39, 0.29) is 17.3 Å². The zero-order valence-electron chi connectivity index (χ0n) is 20.2. The molecule has 0 bridgehead atoms. The molecule has 6 heteroatoms. The first-order valence-corrected chi connectivity index (χ1v) is 12.1.